The first kappa shape index (κ1) is 7.60. The highest BCUT2D eigenvalue weighted by atomic mass is 16.6. The van der Waals surface area contributed by atoms with E-state index in [4.69, 9.17) is 4.74 Å². The highest BCUT2D eigenvalue weighted by molar-refractivity contribution is 4.85. The number of hydrogen-bond acceptors (Lipinski definition) is 1. The first-order chi connectivity index (χ1) is 5.45. The second kappa shape index (κ2) is 3.57. The Labute approximate surface area is 69.1 Å². The molecule has 1 radical (unpaired) electrons. The van der Waals surface area contributed by atoms with Crippen LogP contribution >= 0.6 is 0 Å². The Bertz CT molecular complexity index is 112. The molecule has 0 aromatic carbocycles. The molecule has 2 fully saturated rings. The molecule has 0 amide bonds. The Kier molecular flexibility index (Phi) is 2.47. The molecular weight excluding hydrogens is 136 g/mol. The number of hydrogen-bond donors (Lipinski definition) is 0. The molecule has 1 saturated heterocycles. The van der Waals surface area contributed by atoms with Crippen molar-refractivity contribution in [3.63, 3.8) is 0 Å². The summed E-state index contributed by atoms with van der Waals surface area (Å²) in [5, 5.41) is 0. The van der Waals surface area contributed by atoms with Gasteiger partial charge in [-0.1, -0.05) is 32.1 Å². The predicted octanol–water partition coefficient (Wildman–Crippen LogP) is 2.56. The van der Waals surface area contributed by atoms with Crippen molar-refractivity contribution in [3.8, 4) is 0 Å². The van der Waals surface area contributed by atoms with Crippen LogP contribution in [-0.4, -0.2) is 12.7 Å². The molecule has 2 rings (SSSR count). The Balaban J connectivity index is 1.59. The van der Waals surface area contributed by atoms with Crippen LogP contribution in [0.1, 0.15) is 38.5 Å². The molecule has 63 valence electrons. The molecule has 2 aliphatic rings. The summed E-state index contributed by atoms with van der Waals surface area (Å²) >= 11 is 0. The van der Waals surface area contributed by atoms with Gasteiger partial charge >= 0.3 is 0 Å². The van der Waals surface area contributed by atoms with Crippen LogP contribution in [-0.2, 0) is 4.74 Å². The fraction of sp³-hybridized carbons (Fsp3) is 0.900. The highest BCUT2D eigenvalue weighted by Gasteiger charge is 2.24. The summed E-state index contributed by atoms with van der Waals surface area (Å²) in [6, 6.07) is 0. The van der Waals surface area contributed by atoms with E-state index in [0.29, 0.717) is 6.10 Å². The van der Waals surface area contributed by atoms with Crippen molar-refractivity contribution in [3.05, 3.63) is 6.42 Å². The highest BCUT2D eigenvalue weighted by Crippen LogP contribution is 2.28. The minimum absolute atomic E-state index is 0.608. The van der Waals surface area contributed by atoms with Gasteiger partial charge in [-0.15, -0.1) is 0 Å². The molecule has 1 unspecified atom stereocenters. The standard InChI is InChI=1S/C10H17O/c1-2-4-9(5-3-1)6-7-10-8-11-10/h6,9-10H,1-5,7-8H2. The van der Waals surface area contributed by atoms with Gasteiger partial charge in [-0.25, -0.2) is 0 Å². The summed E-state index contributed by atoms with van der Waals surface area (Å²) in [4.78, 5) is 0. The van der Waals surface area contributed by atoms with Gasteiger partial charge in [0.25, 0.3) is 0 Å². The molecule has 0 N–H and O–H groups in total. The second-order valence-corrected chi connectivity index (χ2v) is 3.82. The van der Waals surface area contributed by atoms with Crippen LogP contribution in [0.4, 0.5) is 0 Å². The van der Waals surface area contributed by atoms with Gasteiger partial charge in [-0.3, -0.25) is 0 Å². The summed E-state index contributed by atoms with van der Waals surface area (Å²) in [7, 11) is 0. The third-order valence-corrected chi connectivity index (χ3v) is 2.78. The van der Waals surface area contributed by atoms with Crippen LogP contribution in [0.2, 0.25) is 0 Å². The zero-order valence-corrected chi connectivity index (χ0v) is 7.09. The van der Waals surface area contributed by atoms with E-state index in [2.05, 4.69) is 6.42 Å². The Hall–Kier alpha value is -0.0400. The Morgan fingerprint density at radius 1 is 1.18 bits per heavy atom. The fourth-order valence-corrected chi connectivity index (χ4v) is 1.92. The molecule has 1 heterocycles. The lowest BCUT2D eigenvalue weighted by atomic mass is 9.86. The van der Waals surface area contributed by atoms with Gasteiger partial charge in [-0.2, -0.15) is 0 Å². The molecular formula is C10H17O. The van der Waals surface area contributed by atoms with E-state index in [1.165, 1.54) is 38.5 Å². The third kappa shape index (κ3) is 2.48. The first-order valence-corrected chi connectivity index (χ1v) is 4.90. The van der Waals surface area contributed by atoms with Crippen molar-refractivity contribution >= 4 is 0 Å². The van der Waals surface area contributed by atoms with Gasteiger partial charge in [0.05, 0.1) is 12.7 Å². The molecule has 0 bridgehead atoms. The SMILES string of the molecule is [CH](CC1CO1)C1CCCCC1. The minimum atomic E-state index is 0.608. The molecule has 1 atom stereocenters. The van der Waals surface area contributed by atoms with Crippen LogP contribution in [0.3, 0.4) is 0 Å². The molecule has 1 saturated carbocycles. The zero-order valence-electron chi connectivity index (χ0n) is 7.09. The van der Waals surface area contributed by atoms with Crippen molar-refractivity contribution in [1.82, 2.24) is 0 Å². The summed E-state index contributed by atoms with van der Waals surface area (Å²) in [6.07, 6.45) is 11.6. The van der Waals surface area contributed by atoms with E-state index in [-0.39, 0.29) is 0 Å². The smallest absolute Gasteiger partial charge is 0.0812 e. The van der Waals surface area contributed by atoms with Gasteiger partial charge < -0.3 is 4.74 Å². The van der Waals surface area contributed by atoms with Gasteiger partial charge in [0.2, 0.25) is 0 Å². The van der Waals surface area contributed by atoms with Gasteiger partial charge in [0.1, 0.15) is 0 Å². The van der Waals surface area contributed by atoms with E-state index < -0.39 is 0 Å². The molecule has 0 aromatic rings. The summed E-state index contributed by atoms with van der Waals surface area (Å²) in [5.74, 6) is 0.924. The topological polar surface area (TPSA) is 12.5 Å². The average molecular weight is 153 g/mol. The molecule has 1 aliphatic heterocycles. The number of epoxide rings is 1. The monoisotopic (exact) mass is 153 g/mol. The quantitative estimate of drug-likeness (QED) is 0.568. The maximum Gasteiger partial charge on any atom is 0.0812 e. The van der Waals surface area contributed by atoms with Crippen LogP contribution in [0.25, 0.3) is 0 Å². The van der Waals surface area contributed by atoms with Crippen molar-refractivity contribution in [1.29, 1.82) is 0 Å². The Morgan fingerprint density at radius 2 is 1.91 bits per heavy atom. The van der Waals surface area contributed by atoms with E-state index in [0.717, 1.165) is 12.5 Å². The van der Waals surface area contributed by atoms with Crippen molar-refractivity contribution in [2.45, 2.75) is 44.6 Å². The van der Waals surface area contributed by atoms with E-state index in [1.54, 1.807) is 0 Å². The van der Waals surface area contributed by atoms with Crippen LogP contribution < -0.4 is 0 Å². The molecule has 11 heavy (non-hydrogen) atoms. The van der Waals surface area contributed by atoms with E-state index >= 15 is 0 Å². The molecule has 0 aromatic heterocycles. The van der Waals surface area contributed by atoms with Crippen LogP contribution in [0, 0.1) is 12.3 Å². The summed E-state index contributed by atoms with van der Waals surface area (Å²) in [5.41, 5.74) is 0. The largest absolute Gasteiger partial charge is 0.373 e. The lowest BCUT2D eigenvalue weighted by molar-refractivity contribution is 0.363. The third-order valence-electron chi connectivity index (χ3n) is 2.78. The van der Waals surface area contributed by atoms with Gasteiger partial charge in [0, 0.05) is 0 Å². The summed E-state index contributed by atoms with van der Waals surface area (Å²) < 4.78 is 5.17. The molecule has 1 heteroatoms. The van der Waals surface area contributed by atoms with Crippen LogP contribution in [0.15, 0.2) is 0 Å². The maximum absolute atomic E-state index is 5.17. The first-order valence-electron chi connectivity index (χ1n) is 4.90. The fourth-order valence-electron chi connectivity index (χ4n) is 1.92. The van der Waals surface area contributed by atoms with E-state index in [1.807, 2.05) is 0 Å². The average Bonchev–Trinajstić information content (AvgIpc) is 2.86. The van der Waals surface area contributed by atoms with Gasteiger partial charge in [-0.05, 0) is 18.8 Å². The van der Waals surface area contributed by atoms with Crippen LogP contribution in [0.5, 0.6) is 0 Å². The maximum atomic E-state index is 5.17. The molecule has 0 spiro atoms. The number of rotatable bonds is 3. The van der Waals surface area contributed by atoms with Gasteiger partial charge in [0.15, 0.2) is 0 Å². The molecule has 1 nitrogen and oxygen atoms in total. The Morgan fingerprint density at radius 3 is 2.55 bits per heavy atom. The lowest BCUT2D eigenvalue weighted by Gasteiger charge is -2.20. The van der Waals surface area contributed by atoms with E-state index in [9.17, 15) is 0 Å². The second-order valence-electron chi connectivity index (χ2n) is 3.82. The number of ether oxygens (including phenoxy) is 1. The summed E-state index contributed by atoms with van der Waals surface area (Å²) in [6.45, 7) is 1.02. The van der Waals surface area contributed by atoms with Crippen molar-refractivity contribution < 1.29 is 4.74 Å². The lowest BCUT2D eigenvalue weighted by Crippen LogP contribution is -2.07. The van der Waals surface area contributed by atoms with Crippen molar-refractivity contribution in [2.75, 3.05) is 6.61 Å². The zero-order chi connectivity index (χ0) is 7.52. The molecule has 1 aliphatic carbocycles. The normalized spacial score (nSPS) is 32.2. The van der Waals surface area contributed by atoms with Crippen molar-refractivity contribution in [2.24, 2.45) is 5.92 Å². The predicted molar refractivity (Wildman–Crippen MR) is 45.2 cm³/mol. The minimum Gasteiger partial charge on any atom is -0.373 e.